The predicted molar refractivity (Wildman–Crippen MR) is 79.5 cm³/mol. The predicted octanol–water partition coefficient (Wildman–Crippen LogP) is 2.65. The van der Waals surface area contributed by atoms with E-state index in [-0.39, 0.29) is 22.2 Å². The Morgan fingerprint density at radius 3 is 2.70 bits per heavy atom. The molecule has 0 aliphatic heterocycles. The second-order valence-electron chi connectivity index (χ2n) is 4.98. The summed E-state index contributed by atoms with van der Waals surface area (Å²) in [5.74, 6) is -1.17. The lowest BCUT2D eigenvalue weighted by Gasteiger charge is -2.08. The van der Waals surface area contributed by atoms with Crippen molar-refractivity contribution in [2.45, 2.75) is 6.43 Å². The minimum Gasteiger partial charge on any atom is -0.382 e. The molecule has 0 bridgehead atoms. The highest BCUT2D eigenvalue weighted by atomic mass is 19.3. The number of hydrogen-bond donors (Lipinski definition) is 1. The van der Waals surface area contributed by atoms with Crippen molar-refractivity contribution in [3.05, 3.63) is 52.5 Å². The van der Waals surface area contributed by atoms with Gasteiger partial charge in [-0.05, 0) is 23.6 Å². The number of nitrogens with two attached hydrogens (primary N) is 1. The molecule has 0 aliphatic carbocycles. The molecule has 1 aromatic carbocycles. The molecule has 0 saturated carbocycles. The van der Waals surface area contributed by atoms with Gasteiger partial charge in [0.15, 0.2) is 5.82 Å². The number of pyridine rings is 1. The third-order valence-electron chi connectivity index (χ3n) is 3.48. The van der Waals surface area contributed by atoms with E-state index in [1.165, 1.54) is 10.6 Å². The fraction of sp³-hybridized carbons (Fsp3) is 0.133. The maximum Gasteiger partial charge on any atom is 0.283 e. The van der Waals surface area contributed by atoms with E-state index >= 15 is 0 Å². The van der Waals surface area contributed by atoms with E-state index in [4.69, 9.17) is 5.73 Å². The van der Waals surface area contributed by atoms with Crippen molar-refractivity contribution < 1.29 is 13.2 Å². The van der Waals surface area contributed by atoms with Gasteiger partial charge in [-0.15, -0.1) is 0 Å². The number of benzene rings is 1. The molecule has 3 aromatic rings. The molecule has 0 spiro atoms. The van der Waals surface area contributed by atoms with Crippen LogP contribution in [0.5, 0.6) is 0 Å². The van der Waals surface area contributed by atoms with Crippen molar-refractivity contribution in [3.63, 3.8) is 0 Å². The molecule has 8 heteroatoms. The largest absolute Gasteiger partial charge is 0.382 e. The molecule has 23 heavy (non-hydrogen) atoms. The Balaban J connectivity index is 2.21. The van der Waals surface area contributed by atoms with Crippen LogP contribution in [0.25, 0.3) is 22.0 Å². The number of fused-ring (bicyclic) bond motifs is 1. The first-order valence-electron chi connectivity index (χ1n) is 6.58. The molecule has 2 aromatic heterocycles. The van der Waals surface area contributed by atoms with Gasteiger partial charge in [0.05, 0.1) is 17.3 Å². The Kier molecular flexibility index (Phi) is 3.51. The highest BCUT2D eigenvalue weighted by molar-refractivity contribution is 5.86. The van der Waals surface area contributed by atoms with E-state index in [1.54, 1.807) is 19.3 Å². The van der Waals surface area contributed by atoms with Crippen LogP contribution in [0.3, 0.4) is 0 Å². The molecule has 0 radical (unpaired) electrons. The summed E-state index contributed by atoms with van der Waals surface area (Å²) in [6.45, 7) is 0. The minimum absolute atomic E-state index is 0.0203. The molecular weight excluding hydrogens is 309 g/mol. The average molecular weight is 320 g/mol. The van der Waals surface area contributed by atoms with E-state index < -0.39 is 23.8 Å². The topological polar surface area (TPSA) is 73.8 Å². The summed E-state index contributed by atoms with van der Waals surface area (Å²) in [4.78, 5) is 19.3. The second-order valence-corrected chi connectivity index (χ2v) is 4.98. The molecule has 2 N–H and O–H groups in total. The van der Waals surface area contributed by atoms with Gasteiger partial charge in [0.2, 0.25) is 0 Å². The van der Waals surface area contributed by atoms with E-state index in [0.717, 1.165) is 12.3 Å². The van der Waals surface area contributed by atoms with Gasteiger partial charge >= 0.3 is 0 Å². The highest BCUT2D eigenvalue weighted by Gasteiger charge is 2.17. The number of nitrogens with zero attached hydrogens (tertiary/aromatic N) is 3. The molecule has 0 atom stereocenters. The van der Waals surface area contributed by atoms with Crippen LogP contribution >= 0.6 is 0 Å². The number of anilines is 1. The summed E-state index contributed by atoms with van der Waals surface area (Å²) in [6, 6.07) is 4.15. The Morgan fingerprint density at radius 2 is 2.04 bits per heavy atom. The Hall–Kier alpha value is -2.90. The summed E-state index contributed by atoms with van der Waals surface area (Å²) >= 11 is 0. The third-order valence-corrected chi connectivity index (χ3v) is 3.48. The zero-order valence-corrected chi connectivity index (χ0v) is 11.9. The van der Waals surface area contributed by atoms with Crippen molar-refractivity contribution in [1.82, 2.24) is 14.5 Å². The number of alkyl halides is 2. The third kappa shape index (κ3) is 2.52. The van der Waals surface area contributed by atoms with Gasteiger partial charge < -0.3 is 10.3 Å². The van der Waals surface area contributed by atoms with E-state index in [9.17, 15) is 18.0 Å². The quantitative estimate of drug-likeness (QED) is 0.788. The standard InChI is InChI=1S/C15H11F3N4O/c1-22-3-2-7-4-9(10(16)5-8(7)15(22)23)11-6-20-12(13(17)18)14(19)21-11/h2-6,13H,1H3,(H2,19,21). The fourth-order valence-electron chi connectivity index (χ4n) is 2.27. The maximum atomic E-state index is 14.3. The normalized spacial score (nSPS) is 11.3. The van der Waals surface area contributed by atoms with Gasteiger partial charge in [-0.25, -0.2) is 23.1 Å². The number of halogens is 3. The van der Waals surface area contributed by atoms with Crippen LogP contribution in [0.15, 0.2) is 35.4 Å². The van der Waals surface area contributed by atoms with Crippen LogP contribution in [0.2, 0.25) is 0 Å². The van der Waals surface area contributed by atoms with Gasteiger partial charge in [0.25, 0.3) is 12.0 Å². The van der Waals surface area contributed by atoms with Crippen molar-refractivity contribution >= 4 is 16.6 Å². The highest BCUT2D eigenvalue weighted by Crippen LogP contribution is 2.28. The summed E-state index contributed by atoms with van der Waals surface area (Å²) in [5, 5.41) is 0.712. The van der Waals surface area contributed by atoms with E-state index in [2.05, 4.69) is 9.97 Å². The Morgan fingerprint density at radius 1 is 1.30 bits per heavy atom. The molecule has 2 heterocycles. The van der Waals surface area contributed by atoms with Gasteiger partial charge in [-0.1, -0.05) is 0 Å². The number of aromatic nitrogens is 3. The first kappa shape index (κ1) is 15.0. The lowest BCUT2D eigenvalue weighted by atomic mass is 10.1. The van der Waals surface area contributed by atoms with Crippen LogP contribution in [0, 0.1) is 5.82 Å². The van der Waals surface area contributed by atoms with Gasteiger partial charge in [-0.3, -0.25) is 4.79 Å². The zero-order chi connectivity index (χ0) is 16.7. The minimum atomic E-state index is -2.86. The molecule has 3 rings (SSSR count). The van der Waals surface area contributed by atoms with Gasteiger partial charge in [0.1, 0.15) is 11.5 Å². The summed E-state index contributed by atoms with van der Waals surface area (Å²) in [5.41, 5.74) is 4.50. The van der Waals surface area contributed by atoms with Gasteiger partial charge in [-0.2, -0.15) is 0 Å². The molecular formula is C15H11F3N4O. The monoisotopic (exact) mass is 320 g/mol. The van der Waals surface area contributed by atoms with Crippen molar-refractivity contribution in [2.75, 3.05) is 5.73 Å². The van der Waals surface area contributed by atoms with Crippen LogP contribution in [-0.4, -0.2) is 14.5 Å². The maximum absolute atomic E-state index is 14.3. The smallest absolute Gasteiger partial charge is 0.283 e. The molecule has 118 valence electrons. The molecule has 0 fully saturated rings. The summed E-state index contributed by atoms with van der Waals surface area (Å²) in [7, 11) is 1.56. The molecule has 0 saturated heterocycles. The van der Waals surface area contributed by atoms with Crippen LogP contribution in [0.1, 0.15) is 12.1 Å². The summed E-state index contributed by atoms with van der Waals surface area (Å²) < 4.78 is 40.9. The Labute approximate surface area is 128 Å². The Bertz CT molecular complexity index is 969. The SMILES string of the molecule is Cn1ccc2cc(-c3cnc(C(F)F)c(N)n3)c(F)cc2c1=O. The fourth-order valence-corrected chi connectivity index (χ4v) is 2.27. The summed E-state index contributed by atoms with van der Waals surface area (Å²) in [6.07, 6.45) is -0.281. The van der Waals surface area contributed by atoms with Crippen LogP contribution in [-0.2, 0) is 7.05 Å². The van der Waals surface area contributed by atoms with Crippen molar-refractivity contribution in [2.24, 2.45) is 7.05 Å². The van der Waals surface area contributed by atoms with Crippen molar-refractivity contribution in [1.29, 1.82) is 0 Å². The molecule has 0 unspecified atom stereocenters. The van der Waals surface area contributed by atoms with Crippen LogP contribution < -0.4 is 11.3 Å². The number of hydrogen-bond acceptors (Lipinski definition) is 4. The second kappa shape index (κ2) is 5.38. The molecule has 5 nitrogen and oxygen atoms in total. The molecule has 0 amide bonds. The van der Waals surface area contributed by atoms with Crippen molar-refractivity contribution in [3.8, 4) is 11.3 Å². The number of nitrogen functional groups attached to an aromatic ring is 1. The average Bonchev–Trinajstić information content (AvgIpc) is 2.50. The van der Waals surface area contributed by atoms with Gasteiger partial charge in [0, 0.05) is 18.8 Å². The first-order chi connectivity index (χ1) is 10.9. The number of rotatable bonds is 2. The van der Waals surface area contributed by atoms with Crippen LogP contribution in [0.4, 0.5) is 19.0 Å². The lowest BCUT2D eigenvalue weighted by molar-refractivity contribution is 0.146. The van der Waals surface area contributed by atoms with E-state index in [0.29, 0.717) is 5.39 Å². The first-order valence-corrected chi connectivity index (χ1v) is 6.58. The number of aryl methyl sites for hydroxylation is 1. The molecule has 0 aliphatic rings. The lowest BCUT2D eigenvalue weighted by Crippen LogP contribution is -2.15. The van der Waals surface area contributed by atoms with E-state index in [1.807, 2.05) is 0 Å². The zero-order valence-electron chi connectivity index (χ0n) is 11.9.